The lowest BCUT2D eigenvalue weighted by Gasteiger charge is -2.30. The summed E-state index contributed by atoms with van der Waals surface area (Å²) in [7, 11) is 0. The smallest absolute Gasteiger partial charge is 0.410 e. The van der Waals surface area contributed by atoms with Crippen LogP contribution in [0.4, 0.5) is 14.9 Å². The largest absolute Gasteiger partial charge is 0.444 e. The van der Waals surface area contributed by atoms with Crippen molar-refractivity contribution in [1.82, 2.24) is 4.90 Å². The molecule has 37 heavy (non-hydrogen) atoms. The molecule has 0 fully saturated rings. The van der Waals surface area contributed by atoms with Crippen LogP contribution >= 0.6 is 0 Å². The van der Waals surface area contributed by atoms with E-state index >= 15 is 4.39 Å². The van der Waals surface area contributed by atoms with Gasteiger partial charge in [0.05, 0.1) is 0 Å². The van der Waals surface area contributed by atoms with Crippen LogP contribution in [0, 0.1) is 5.82 Å². The molecule has 2 heterocycles. The van der Waals surface area contributed by atoms with Crippen LogP contribution in [0.25, 0.3) is 11.1 Å². The number of allylic oxidation sites excluding steroid dienone is 2. The maximum absolute atomic E-state index is 15.2. The molecule has 2 aliphatic heterocycles. The van der Waals surface area contributed by atoms with Crippen molar-refractivity contribution in [3.05, 3.63) is 76.6 Å². The standard InChI is InChI=1S/C31H37FN2O3/c1-6-21(7-2)23-11-13-28-24(19-23)9-8-16-34(28)29(35)25-10-12-26(27(32)20-25)22-14-17-33(18-15-22)30(36)37-31(3,4)5/h6,10-14,19-20H,7-9,15-18H2,1-5H3/b21-6+. The van der Waals surface area contributed by atoms with Gasteiger partial charge in [-0.1, -0.05) is 31.2 Å². The van der Waals surface area contributed by atoms with E-state index < -0.39 is 11.4 Å². The molecule has 6 heteroatoms. The fraction of sp³-hybridized carbons (Fsp3) is 0.419. The second kappa shape index (κ2) is 10.9. The lowest BCUT2D eigenvalue weighted by atomic mass is 9.94. The molecule has 0 bridgehead atoms. The highest BCUT2D eigenvalue weighted by Gasteiger charge is 2.27. The van der Waals surface area contributed by atoms with Crippen LogP contribution in [-0.2, 0) is 11.2 Å². The lowest BCUT2D eigenvalue weighted by Crippen LogP contribution is -2.39. The predicted molar refractivity (Wildman–Crippen MR) is 147 cm³/mol. The average Bonchev–Trinajstić information content (AvgIpc) is 2.87. The Morgan fingerprint density at radius 1 is 1.05 bits per heavy atom. The minimum absolute atomic E-state index is 0.186. The number of amides is 2. The van der Waals surface area contributed by atoms with Gasteiger partial charge in [-0.3, -0.25) is 4.79 Å². The number of aryl methyl sites for hydroxylation is 1. The third-order valence-corrected chi connectivity index (χ3v) is 6.97. The van der Waals surface area contributed by atoms with E-state index in [1.165, 1.54) is 17.2 Å². The molecule has 4 rings (SSSR count). The summed E-state index contributed by atoms with van der Waals surface area (Å²) in [6.07, 6.45) is 6.91. The van der Waals surface area contributed by atoms with Crippen LogP contribution in [0.1, 0.15) is 80.9 Å². The Labute approximate surface area is 219 Å². The molecular formula is C31H37FN2O3. The number of ether oxygens (including phenoxy) is 1. The second-order valence-corrected chi connectivity index (χ2v) is 10.7. The summed E-state index contributed by atoms with van der Waals surface area (Å²) in [4.78, 5) is 29.1. The molecule has 0 saturated heterocycles. The molecule has 0 saturated carbocycles. The van der Waals surface area contributed by atoms with Crippen molar-refractivity contribution in [2.45, 2.75) is 65.9 Å². The average molecular weight is 505 g/mol. The zero-order chi connectivity index (χ0) is 26.7. The third kappa shape index (κ3) is 5.95. The SMILES string of the molecule is C/C=C(\CC)c1ccc2c(c1)CCCN2C(=O)c1ccc(C2=CCN(C(=O)OC(C)(C)C)CC2)c(F)c1. The fourth-order valence-electron chi connectivity index (χ4n) is 5.05. The highest BCUT2D eigenvalue weighted by Crippen LogP contribution is 2.33. The predicted octanol–water partition coefficient (Wildman–Crippen LogP) is 7.26. The van der Waals surface area contributed by atoms with Crippen LogP contribution < -0.4 is 4.90 Å². The molecule has 0 aliphatic carbocycles. The molecule has 0 unspecified atom stereocenters. The zero-order valence-electron chi connectivity index (χ0n) is 22.6. The Hall–Kier alpha value is -3.41. The summed E-state index contributed by atoms with van der Waals surface area (Å²) in [6, 6.07) is 11.0. The van der Waals surface area contributed by atoms with Crippen LogP contribution in [0.2, 0.25) is 0 Å². The number of benzene rings is 2. The van der Waals surface area contributed by atoms with Gasteiger partial charge in [0, 0.05) is 36.4 Å². The monoisotopic (exact) mass is 504 g/mol. The van der Waals surface area contributed by atoms with Gasteiger partial charge in [-0.25, -0.2) is 9.18 Å². The minimum atomic E-state index is -0.558. The Kier molecular flexibility index (Phi) is 7.86. The molecule has 2 aromatic rings. The zero-order valence-corrected chi connectivity index (χ0v) is 22.6. The van der Waals surface area contributed by atoms with Crippen LogP contribution in [-0.4, -0.2) is 42.1 Å². The number of rotatable bonds is 4. The molecule has 0 N–H and O–H groups in total. The number of anilines is 1. The normalized spacial score (nSPS) is 16.3. The maximum Gasteiger partial charge on any atom is 0.410 e. The summed E-state index contributed by atoms with van der Waals surface area (Å²) >= 11 is 0. The van der Waals surface area contributed by atoms with Crippen molar-refractivity contribution >= 4 is 28.8 Å². The second-order valence-electron chi connectivity index (χ2n) is 10.7. The molecule has 0 atom stereocenters. The summed E-state index contributed by atoms with van der Waals surface area (Å²) in [6.45, 7) is 11.1. The molecule has 0 spiro atoms. The number of carbonyl (C=O) groups is 2. The van der Waals surface area contributed by atoms with Crippen LogP contribution in [0.3, 0.4) is 0 Å². The number of fused-ring (bicyclic) bond motifs is 1. The van der Waals surface area contributed by atoms with Gasteiger partial charge in [0.2, 0.25) is 0 Å². The van der Waals surface area contributed by atoms with Crippen molar-refractivity contribution in [3.8, 4) is 0 Å². The maximum atomic E-state index is 15.2. The Morgan fingerprint density at radius 2 is 1.81 bits per heavy atom. The lowest BCUT2D eigenvalue weighted by molar-refractivity contribution is 0.0270. The van der Waals surface area contributed by atoms with E-state index in [-0.39, 0.29) is 12.0 Å². The van der Waals surface area contributed by atoms with Gasteiger partial charge in [-0.05, 0) is 99.9 Å². The number of hydrogen-bond donors (Lipinski definition) is 0. The van der Waals surface area contributed by atoms with Gasteiger partial charge >= 0.3 is 6.09 Å². The Morgan fingerprint density at radius 3 is 2.43 bits per heavy atom. The van der Waals surface area contributed by atoms with Gasteiger partial charge in [0.25, 0.3) is 5.91 Å². The van der Waals surface area contributed by atoms with E-state index in [1.54, 1.807) is 21.9 Å². The first-order valence-electron chi connectivity index (χ1n) is 13.2. The summed E-state index contributed by atoms with van der Waals surface area (Å²) in [5.41, 5.74) is 5.64. The molecule has 196 valence electrons. The molecular weight excluding hydrogens is 467 g/mol. The first-order valence-corrected chi connectivity index (χ1v) is 13.2. The van der Waals surface area contributed by atoms with E-state index in [1.807, 2.05) is 39.8 Å². The van der Waals surface area contributed by atoms with E-state index in [0.29, 0.717) is 37.2 Å². The summed E-state index contributed by atoms with van der Waals surface area (Å²) < 4.78 is 20.7. The number of hydrogen-bond acceptors (Lipinski definition) is 3. The van der Waals surface area contributed by atoms with E-state index in [9.17, 15) is 9.59 Å². The molecule has 2 amide bonds. The molecule has 0 radical (unpaired) electrons. The highest BCUT2D eigenvalue weighted by molar-refractivity contribution is 6.07. The quantitative estimate of drug-likeness (QED) is 0.440. The number of halogens is 1. The molecule has 0 aromatic heterocycles. The number of nitrogens with zero attached hydrogens (tertiary/aromatic N) is 2. The number of carbonyl (C=O) groups excluding carboxylic acids is 2. The van der Waals surface area contributed by atoms with Crippen molar-refractivity contribution < 1.29 is 18.7 Å². The van der Waals surface area contributed by atoms with Crippen molar-refractivity contribution in [3.63, 3.8) is 0 Å². The molecule has 2 aliphatic rings. The first-order chi connectivity index (χ1) is 17.6. The first kappa shape index (κ1) is 26.6. The van der Waals surface area contributed by atoms with E-state index in [0.717, 1.165) is 36.1 Å². The molecule has 2 aromatic carbocycles. The third-order valence-electron chi connectivity index (χ3n) is 6.97. The Balaban J connectivity index is 1.50. The van der Waals surface area contributed by atoms with Gasteiger partial charge < -0.3 is 14.5 Å². The van der Waals surface area contributed by atoms with Gasteiger partial charge in [-0.15, -0.1) is 0 Å². The van der Waals surface area contributed by atoms with Crippen LogP contribution in [0.5, 0.6) is 0 Å². The van der Waals surface area contributed by atoms with E-state index in [4.69, 9.17) is 4.74 Å². The van der Waals surface area contributed by atoms with Crippen molar-refractivity contribution in [1.29, 1.82) is 0 Å². The van der Waals surface area contributed by atoms with Gasteiger partial charge in [-0.2, -0.15) is 0 Å². The summed E-state index contributed by atoms with van der Waals surface area (Å²) in [5, 5.41) is 0. The van der Waals surface area contributed by atoms with Gasteiger partial charge in [0.15, 0.2) is 0 Å². The minimum Gasteiger partial charge on any atom is -0.444 e. The molecule has 5 nitrogen and oxygen atoms in total. The van der Waals surface area contributed by atoms with E-state index in [2.05, 4.69) is 25.1 Å². The van der Waals surface area contributed by atoms with Crippen molar-refractivity contribution in [2.75, 3.05) is 24.5 Å². The Bertz CT molecular complexity index is 1260. The van der Waals surface area contributed by atoms with Gasteiger partial charge in [0.1, 0.15) is 11.4 Å². The topological polar surface area (TPSA) is 49.9 Å². The fourth-order valence-corrected chi connectivity index (χ4v) is 5.05. The van der Waals surface area contributed by atoms with Crippen molar-refractivity contribution in [2.24, 2.45) is 0 Å². The van der Waals surface area contributed by atoms with Crippen LogP contribution in [0.15, 0.2) is 48.6 Å². The summed E-state index contributed by atoms with van der Waals surface area (Å²) in [5.74, 6) is -0.606. The highest BCUT2D eigenvalue weighted by atomic mass is 19.1.